The molecule has 1 aliphatic rings. The molecule has 6 heteroatoms. The zero-order valence-electron chi connectivity index (χ0n) is 17.4. The summed E-state index contributed by atoms with van der Waals surface area (Å²) in [6, 6.07) is 17.8. The Bertz CT molecular complexity index is 1080. The Morgan fingerprint density at radius 2 is 1.70 bits per heavy atom. The topological polar surface area (TPSA) is 61.4 Å². The molecule has 0 saturated heterocycles. The average molecular weight is 420 g/mol. The SMILES string of the molecule is Cc1ccc(C(=O)NC2CC2)cc1NC(=O)c1ccc(-c2ccc(N(C)C)cc2)s1. The van der Waals surface area contributed by atoms with E-state index in [-0.39, 0.29) is 11.8 Å². The van der Waals surface area contributed by atoms with E-state index in [4.69, 9.17) is 0 Å². The van der Waals surface area contributed by atoms with Gasteiger partial charge in [0.05, 0.1) is 4.88 Å². The molecule has 0 bridgehead atoms. The fourth-order valence-corrected chi connectivity index (χ4v) is 4.02. The van der Waals surface area contributed by atoms with Crippen LogP contribution < -0.4 is 15.5 Å². The highest BCUT2D eigenvalue weighted by atomic mass is 32.1. The van der Waals surface area contributed by atoms with Crippen molar-refractivity contribution in [2.45, 2.75) is 25.8 Å². The van der Waals surface area contributed by atoms with Crippen molar-refractivity contribution >= 4 is 34.5 Å². The van der Waals surface area contributed by atoms with Gasteiger partial charge in [-0.25, -0.2) is 0 Å². The third-order valence-electron chi connectivity index (χ3n) is 5.16. The first kappa shape index (κ1) is 20.2. The largest absolute Gasteiger partial charge is 0.378 e. The number of carbonyl (C=O) groups is 2. The summed E-state index contributed by atoms with van der Waals surface area (Å²) in [5.74, 6) is -0.258. The van der Waals surface area contributed by atoms with Gasteiger partial charge >= 0.3 is 0 Å². The van der Waals surface area contributed by atoms with Gasteiger partial charge in [-0.3, -0.25) is 9.59 Å². The van der Waals surface area contributed by atoms with Crippen LogP contribution in [-0.4, -0.2) is 32.0 Å². The van der Waals surface area contributed by atoms with Crippen LogP contribution in [0.15, 0.2) is 54.6 Å². The number of benzene rings is 2. The molecule has 2 N–H and O–H groups in total. The van der Waals surface area contributed by atoms with Crippen LogP contribution in [0.3, 0.4) is 0 Å². The van der Waals surface area contributed by atoms with Crippen molar-refractivity contribution in [3.63, 3.8) is 0 Å². The molecular formula is C24H25N3O2S. The Labute approximate surface area is 180 Å². The van der Waals surface area contributed by atoms with E-state index in [1.165, 1.54) is 11.3 Å². The van der Waals surface area contributed by atoms with Crippen LogP contribution >= 0.6 is 11.3 Å². The molecule has 30 heavy (non-hydrogen) atoms. The van der Waals surface area contributed by atoms with Gasteiger partial charge in [-0.15, -0.1) is 11.3 Å². The second-order valence-corrected chi connectivity index (χ2v) is 8.92. The van der Waals surface area contributed by atoms with Crippen molar-refractivity contribution in [1.29, 1.82) is 0 Å². The lowest BCUT2D eigenvalue weighted by atomic mass is 10.1. The molecule has 5 nitrogen and oxygen atoms in total. The number of nitrogens with zero attached hydrogens (tertiary/aromatic N) is 1. The van der Waals surface area contributed by atoms with E-state index in [1.54, 1.807) is 12.1 Å². The molecule has 4 rings (SSSR count). The highest BCUT2D eigenvalue weighted by Crippen LogP contribution is 2.30. The summed E-state index contributed by atoms with van der Waals surface area (Å²) < 4.78 is 0. The van der Waals surface area contributed by atoms with Gasteiger partial charge in [-0.05, 0) is 67.3 Å². The van der Waals surface area contributed by atoms with Gasteiger partial charge in [0, 0.05) is 42.0 Å². The van der Waals surface area contributed by atoms with Gasteiger partial charge in [-0.1, -0.05) is 18.2 Å². The highest BCUT2D eigenvalue weighted by molar-refractivity contribution is 7.17. The fourth-order valence-electron chi connectivity index (χ4n) is 3.12. The first-order chi connectivity index (χ1) is 14.4. The van der Waals surface area contributed by atoms with Crippen molar-refractivity contribution < 1.29 is 9.59 Å². The molecule has 0 atom stereocenters. The average Bonchev–Trinajstić information content (AvgIpc) is 3.40. The van der Waals surface area contributed by atoms with E-state index in [0.29, 0.717) is 22.2 Å². The minimum atomic E-state index is -0.168. The number of anilines is 2. The number of thiophene rings is 1. The monoisotopic (exact) mass is 419 g/mol. The lowest BCUT2D eigenvalue weighted by Gasteiger charge is -2.12. The first-order valence-electron chi connectivity index (χ1n) is 10.0. The smallest absolute Gasteiger partial charge is 0.265 e. The predicted octanol–water partition coefficient (Wildman–Crippen LogP) is 4.93. The molecule has 0 radical (unpaired) electrons. The molecule has 1 fully saturated rings. The zero-order valence-corrected chi connectivity index (χ0v) is 18.2. The van der Waals surface area contributed by atoms with Crippen LogP contribution in [0.5, 0.6) is 0 Å². The van der Waals surface area contributed by atoms with E-state index in [1.807, 2.05) is 39.2 Å². The van der Waals surface area contributed by atoms with Gasteiger partial charge in [0.2, 0.25) is 0 Å². The highest BCUT2D eigenvalue weighted by Gasteiger charge is 2.24. The van der Waals surface area contributed by atoms with Crippen molar-refractivity contribution in [3.05, 3.63) is 70.6 Å². The molecule has 0 unspecified atom stereocenters. The summed E-state index contributed by atoms with van der Waals surface area (Å²) in [6.07, 6.45) is 2.08. The Morgan fingerprint density at radius 1 is 0.967 bits per heavy atom. The van der Waals surface area contributed by atoms with E-state index in [9.17, 15) is 9.59 Å². The lowest BCUT2D eigenvalue weighted by molar-refractivity contribution is 0.0949. The number of amides is 2. The summed E-state index contributed by atoms with van der Waals surface area (Å²) >= 11 is 1.46. The molecule has 0 aliphatic heterocycles. The van der Waals surface area contributed by atoms with Gasteiger partial charge < -0.3 is 15.5 Å². The summed E-state index contributed by atoms with van der Waals surface area (Å²) in [6.45, 7) is 1.92. The van der Waals surface area contributed by atoms with E-state index in [0.717, 1.165) is 34.5 Å². The molecule has 3 aromatic rings. The maximum absolute atomic E-state index is 12.8. The minimum Gasteiger partial charge on any atom is -0.378 e. The summed E-state index contributed by atoms with van der Waals surface area (Å²) in [5, 5.41) is 5.95. The normalized spacial score (nSPS) is 13.0. The molecule has 2 aromatic carbocycles. The van der Waals surface area contributed by atoms with Crippen LogP contribution in [0, 0.1) is 6.92 Å². The van der Waals surface area contributed by atoms with E-state index >= 15 is 0 Å². The van der Waals surface area contributed by atoms with Crippen LogP contribution in [0.1, 0.15) is 38.4 Å². The summed E-state index contributed by atoms with van der Waals surface area (Å²) in [5.41, 5.74) is 4.36. The maximum atomic E-state index is 12.8. The Hall–Kier alpha value is -3.12. The van der Waals surface area contributed by atoms with Crippen LogP contribution in [-0.2, 0) is 0 Å². The Kier molecular flexibility index (Phi) is 5.59. The van der Waals surface area contributed by atoms with Gasteiger partial charge in [0.15, 0.2) is 0 Å². The van der Waals surface area contributed by atoms with Gasteiger partial charge in [0.25, 0.3) is 11.8 Å². The maximum Gasteiger partial charge on any atom is 0.265 e. The number of carbonyl (C=O) groups excluding carboxylic acids is 2. The quantitative estimate of drug-likeness (QED) is 0.595. The standard InChI is InChI=1S/C24H25N3O2S/c1-15-4-5-17(23(28)25-18-8-9-18)14-20(15)26-24(29)22-13-12-21(30-22)16-6-10-19(11-7-16)27(2)3/h4-7,10-14,18H,8-9H2,1-3H3,(H,25,28)(H,26,29). The van der Waals surface area contributed by atoms with Crippen LogP contribution in [0.4, 0.5) is 11.4 Å². The molecule has 1 aliphatic carbocycles. The molecule has 1 aromatic heterocycles. The van der Waals surface area contributed by atoms with Crippen molar-refractivity contribution in [2.75, 3.05) is 24.3 Å². The fraction of sp³-hybridized carbons (Fsp3) is 0.250. The first-order valence-corrected chi connectivity index (χ1v) is 10.8. The summed E-state index contributed by atoms with van der Waals surface area (Å²) in [7, 11) is 4.02. The Balaban J connectivity index is 1.48. The van der Waals surface area contributed by atoms with Crippen LogP contribution in [0.25, 0.3) is 10.4 Å². The number of hydrogen-bond acceptors (Lipinski definition) is 4. The number of rotatable bonds is 6. The van der Waals surface area contributed by atoms with Crippen molar-refractivity contribution in [2.24, 2.45) is 0 Å². The lowest BCUT2D eigenvalue weighted by Crippen LogP contribution is -2.25. The molecule has 0 spiro atoms. The minimum absolute atomic E-state index is 0.0902. The molecular weight excluding hydrogens is 394 g/mol. The van der Waals surface area contributed by atoms with E-state index < -0.39 is 0 Å². The summed E-state index contributed by atoms with van der Waals surface area (Å²) in [4.78, 5) is 28.9. The van der Waals surface area contributed by atoms with Crippen LogP contribution in [0.2, 0.25) is 0 Å². The zero-order chi connectivity index (χ0) is 21.3. The number of aryl methyl sites for hydroxylation is 1. The third-order valence-corrected chi connectivity index (χ3v) is 6.29. The number of nitrogens with one attached hydrogen (secondary N) is 2. The van der Waals surface area contributed by atoms with Crippen molar-refractivity contribution in [3.8, 4) is 10.4 Å². The van der Waals surface area contributed by atoms with Gasteiger partial charge in [-0.2, -0.15) is 0 Å². The van der Waals surface area contributed by atoms with Crippen molar-refractivity contribution in [1.82, 2.24) is 5.32 Å². The molecule has 1 saturated carbocycles. The second kappa shape index (κ2) is 8.32. The van der Waals surface area contributed by atoms with E-state index in [2.05, 4.69) is 39.8 Å². The predicted molar refractivity (Wildman–Crippen MR) is 124 cm³/mol. The molecule has 2 amide bonds. The Morgan fingerprint density at radius 3 is 2.37 bits per heavy atom. The molecule has 154 valence electrons. The molecule has 1 heterocycles. The second-order valence-electron chi connectivity index (χ2n) is 7.84. The third kappa shape index (κ3) is 4.54. The number of hydrogen-bond donors (Lipinski definition) is 2. The van der Waals surface area contributed by atoms with Gasteiger partial charge in [0.1, 0.15) is 0 Å².